The number of hydrogen-bond acceptors (Lipinski definition) is 4. The van der Waals surface area contributed by atoms with Gasteiger partial charge in [0.2, 0.25) is 0 Å². The van der Waals surface area contributed by atoms with Crippen molar-refractivity contribution in [3.05, 3.63) is 40.8 Å². The highest BCUT2D eigenvalue weighted by Gasteiger charge is 2.12. The van der Waals surface area contributed by atoms with Crippen LogP contribution in [0.3, 0.4) is 0 Å². The molecule has 6 nitrogen and oxygen atoms in total. The van der Waals surface area contributed by atoms with Crippen LogP contribution in [0.25, 0.3) is 0 Å². The first-order valence-corrected chi connectivity index (χ1v) is 5.63. The molecule has 2 heterocycles. The number of rotatable bonds is 3. The summed E-state index contributed by atoms with van der Waals surface area (Å²) in [5.41, 5.74) is 6.52. The molecule has 3 N–H and O–H groups in total. The van der Waals surface area contributed by atoms with Gasteiger partial charge in [0, 0.05) is 13.2 Å². The number of pyridine rings is 1. The molecule has 7 heteroatoms. The van der Waals surface area contributed by atoms with Crippen LogP contribution in [0.5, 0.6) is 0 Å². The lowest BCUT2D eigenvalue weighted by Gasteiger charge is -2.06. The topological polar surface area (TPSA) is 85.8 Å². The van der Waals surface area contributed by atoms with Crippen molar-refractivity contribution in [2.24, 2.45) is 7.05 Å². The Labute approximate surface area is 109 Å². The van der Waals surface area contributed by atoms with Crippen LogP contribution in [0.1, 0.15) is 16.2 Å². The van der Waals surface area contributed by atoms with Crippen molar-refractivity contribution in [1.82, 2.24) is 20.1 Å². The molecule has 0 radical (unpaired) electrons. The van der Waals surface area contributed by atoms with Crippen molar-refractivity contribution in [2.75, 3.05) is 5.73 Å². The van der Waals surface area contributed by atoms with Crippen LogP contribution in [0, 0.1) is 0 Å². The number of nitrogen functional groups attached to an aromatic ring is 1. The summed E-state index contributed by atoms with van der Waals surface area (Å²) < 4.78 is 1.68. The molecule has 94 valence electrons. The summed E-state index contributed by atoms with van der Waals surface area (Å²) in [7, 11) is 1.80. The lowest BCUT2D eigenvalue weighted by Crippen LogP contribution is -2.25. The molecule has 0 saturated heterocycles. The number of aromatic nitrogens is 3. The fourth-order valence-electron chi connectivity index (χ4n) is 1.45. The Kier molecular flexibility index (Phi) is 3.47. The van der Waals surface area contributed by atoms with Gasteiger partial charge in [0.1, 0.15) is 11.5 Å². The van der Waals surface area contributed by atoms with E-state index in [1.807, 2.05) is 6.07 Å². The van der Waals surface area contributed by atoms with Crippen LogP contribution in [0.2, 0.25) is 5.02 Å². The van der Waals surface area contributed by atoms with Gasteiger partial charge in [-0.1, -0.05) is 11.6 Å². The molecule has 0 fully saturated rings. The lowest BCUT2D eigenvalue weighted by atomic mass is 10.3. The Balaban J connectivity index is 2.08. The highest BCUT2D eigenvalue weighted by molar-refractivity contribution is 6.33. The fourth-order valence-corrected chi connectivity index (χ4v) is 1.64. The minimum Gasteiger partial charge on any atom is -0.384 e. The van der Waals surface area contributed by atoms with Gasteiger partial charge in [0.15, 0.2) is 0 Å². The zero-order valence-electron chi connectivity index (χ0n) is 9.72. The smallest absolute Gasteiger partial charge is 0.271 e. The Hall–Kier alpha value is -2.08. The maximum Gasteiger partial charge on any atom is 0.271 e. The molecule has 0 aliphatic carbocycles. The van der Waals surface area contributed by atoms with E-state index in [2.05, 4.69) is 15.4 Å². The molecular formula is C11H12ClN5O. The zero-order chi connectivity index (χ0) is 13.1. The van der Waals surface area contributed by atoms with E-state index in [4.69, 9.17) is 17.3 Å². The standard InChI is InChI=1S/C11H12ClN5O/c1-17-7(4-5-15-17)6-14-11(18)10-8(12)2-3-9(13)16-10/h2-5H,6H2,1H3,(H2,13,16)(H,14,18). The minimum atomic E-state index is -0.367. The quantitative estimate of drug-likeness (QED) is 0.866. The van der Waals surface area contributed by atoms with E-state index in [0.717, 1.165) is 5.69 Å². The first-order valence-electron chi connectivity index (χ1n) is 5.25. The molecular weight excluding hydrogens is 254 g/mol. The van der Waals surface area contributed by atoms with E-state index < -0.39 is 0 Å². The van der Waals surface area contributed by atoms with Crippen molar-refractivity contribution < 1.29 is 4.79 Å². The summed E-state index contributed by atoms with van der Waals surface area (Å²) in [5.74, 6) is -0.112. The van der Waals surface area contributed by atoms with Gasteiger partial charge < -0.3 is 11.1 Å². The highest BCUT2D eigenvalue weighted by Crippen LogP contribution is 2.15. The Morgan fingerprint density at radius 3 is 2.94 bits per heavy atom. The second kappa shape index (κ2) is 5.05. The van der Waals surface area contributed by atoms with Crippen molar-refractivity contribution in [3.63, 3.8) is 0 Å². The van der Waals surface area contributed by atoms with Crippen LogP contribution >= 0.6 is 11.6 Å². The summed E-state index contributed by atoms with van der Waals surface area (Å²) in [4.78, 5) is 15.8. The van der Waals surface area contributed by atoms with Gasteiger partial charge in [-0.25, -0.2) is 4.98 Å². The first kappa shape index (κ1) is 12.4. The normalized spacial score (nSPS) is 10.3. The van der Waals surface area contributed by atoms with Crippen LogP contribution in [0.4, 0.5) is 5.82 Å². The molecule has 0 aromatic carbocycles. The third kappa shape index (κ3) is 2.60. The number of hydrogen-bond donors (Lipinski definition) is 2. The number of halogens is 1. The molecule has 0 atom stereocenters. The van der Waals surface area contributed by atoms with Crippen molar-refractivity contribution in [2.45, 2.75) is 6.54 Å². The van der Waals surface area contributed by atoms with Gasteiger partial charge in [-0.3, -0.25) is 9.48 Å². The zero-order valence-corrected chi connectivity index (χ0v) is 10.5. The monoisotopic (exact) mass is 265 g/mol. The number of carbonyl (C=O) groups excluding carboxylic acids is 1. The maximum absolute atomic E-state index is 11.9. The Bertz CT molecular complexity index is 581. The lowest BCUT2D eigenvalue weighted by molar-refractivity contribution is 0.0945. The number of nitrogens with two attached hydrogens (primary N) is 1. The van der Waals surface area contributed by atoms with Crippen molar-refractivity contribution in [3.8, 4) is 0 Å². The van der Waals surface area contributed by atoms with Gasteiger partial charge in [-0.05, 0) is 18.2 Å². The molecule has 0 saturated carbocycles. The number of anilines is 1. The van der Waals surface area contributed by atoms with E-state index in [9.17, 15) is 4.79 Å². The second-order valence-electron chi connectivity index (χ2n) is 3.70. The second-order valence-corrected chi connectivity index (χ2v) is 4.10. The molecule has 2 aromatic heterocycles. The number of amides is 1. The third-order valence-corrected chi connectivity index (χ3v) is 2.74. The van der Waals surface area contributed by atoms with E-state index in [0.29, 0.717) is 6.54 Å². The molecule has 0 unspecified atom stereocenters. The molecule has 2 rings (SSSR count). The van der Waals surface area contributed by atoms with Gasteiger partial charge in [-0.2, -0.15) is 5.10 Å². The number of carbonyl (C=O) groups is 1. The summed E-state index contributed by atoms with van der Waals surface area (Å²) >= 11 is 5.89. The Morgan fingerprint density at radius 2 is 2.28 bits per heavy atom. The van der Waals surface area contributed by atoms with E-state index in [-0.39, 0.29) is 22.4 Å². The van der Waals surface area contributed by atoms with Crippen LogP contribution in [-0.4, -0.2) is 20.7 Å². The van der Waals surface area contributed by atoms with E-state index in [1.54, 1.807) is 30.1 Å². The average molecular weight is 266 g/mol. The Morgan fingerprint density at radius 1 is 1.50 bits per heavy atom. The van der Waals surface area contributed by atoms with Crippen LogP contribution in [0.15, 0.2) is 24.4 Å². The van der Waals surface area contributed by atoms with Gasteiger partial charge in [0.25, 0.3) is 5.91 Å². The minimum absolute atomic E-state index is 0.124. The number of aryl methyl sites for hydroxylation is 1. The molecule has 0 spiro atoms. The fraction of sp³-hybridized carbons (Fsp3) is 0.182. The average Bonchev–Trinajstić information content (AvgIpc) is 2.75. The molecule has 2 aromatic rings. The predicted molar refractivity (Wildman–Crippen MR) is 68.0 cm³/mol. The summed E-state index contributed by atoms with van der Waals surface area (Å²) in [5, 5.41) is 6.98. The number of nitrogens with zero attached hydrogens (tertiary/aromatic N) is 3. The van der Waals surface area contributed by atoms with Gasteiger partial charge >= 0.3 is 0 Å². The predicted octanol–water partition coefficient (Wildman–Crippen LogP) is 0.981. The summed E-state index contributed by atoms with van der Waals surface area (Å²) in [6.07, 6.45) is 1.66. The SMILES string of the molecule is Cn1nccc1CNC(=O)c1nc(N)ccc1Cl. The summed E-state index contributed by atoms with van der Waals surface area (Å²) in [6.45, 7) is 0.349. The van der Waals surface area contributed by atoms with Crippen molar-refractivity contribution in [1.29, 1.82) is 0 Å². The summed E-state index contributed by atoms with van der Waals surface area (Å²) in [6, 6.07) is 4.90. The first-order chi connectivity index (χ1) is 8.58. The largest absolute Gasteiger partial charge is 0.384 e. The highest BCUT2D eigenvalue weighted by atomic mass is 35.5. The van der Waals surface area contributed by atoms with Crippen molar-refractivity contribution >= 4 is 23.3 Å². The molecule has 0 aliphatic rings. The van der Waals surface area contributed by atoms with Crippen LogP contribution in [-0.2, 0) is 13.6 Å². The van der Waals surface area contributed by atoms with Gasteiger partial charge in [-0.15, -0.1) is 0 Å². The molecule has 18 heavy (non-hydrogen) atoms. The van der Waals surface area contributed by atoms with E-state index >= 15 is 0 Å². The number of nitrogens with one attached hydrogen (secondary N) is 1. The van der Waals surface area contributed by atoms with Gasteiger partial charge in [0.05, 0.1) is 17.3 Å². The molecule has 0 bridgehead atoms. The maximum atomic E-state index is 11.9. The third-order valence-electron chi connectivity index (χ3n) is 2.44. The van der Waals surface area contributed by atoms with E-state index in [1.165, 1.54) is 0 Å². The molecule has 1 amide bonds. The molecule has 0 aliphatic heterocycles. The van der Waals surface area contributed by atoms with Crippen LogP contribution < -0.4 is 11.1 Å².